The average molecular weight is 299 g/mol. The number of hydrogen-bond acceptors (Lipinski definition) is 3. The Balaban J connectivity index is 1.73. The van der Waals surface area contributed by atoms with Crippen molar-refractivity contribution in [3.05, 3.63) is 47.9 Å². The molecule has 0 aliphatic heterocycles. The highest BCUT2D eigenvalue weighted by atomic mass is 19.1. The molecule has 0 radical (unpaired) electrons. The fourth-order valence-corrected chi connectivity index (χ4v) is 2.78. The lowest BCUT2D eigenvalue weighted by molar-refractivity contribution is 0.112. The van der Waals surface area contributed by atoms with E-state index in [2.05, 4.69) is 4.98 Å². The van der Waals surface area contributed by atoms with Crippen LogP contribution in [0.3, 0.4) is 0 Å². The van der Waals surface area contributed by atoms with Gasteiger partial charge in [0.15, 0.2) is 6.29 Å². The quantitative estimate of drug-likeness (QED) is 0.785. The van der Waals surface area contributed by atoms with Crippen molar-refractivity contribution in [3.63, 3.8) is 0 Å². The van der Waals surface area contributed by atoms with E-state index >= 15 is 0 Å². The molecule has 1 saturated carbocycles. The van der Waals surface area contributed by atoms with Gasteiger partial charge in [-0.1, -0.05) is 12.5 Å². The van der Waals surface area contributed by atoms with E-state index in [1.807, 2.05) is 12.1 Å². The van der Waals surface area contributed by atoms with Gasteiger partial charge in [-0.3, -0.25) is 4.79 Å². The molecule has 0 amide bonds. The van der Waals surface area contributed by atoms with Gasteiger partial charge in [0.1, 0.15) is 11.9 Å². The third-order valence-electron chi connectivity index (χ3n) is 4.04. The Morgan fingerprint density at radius 2 is 1.86 bits per heavy atom. The SMILES string of the molecule is O=Cc1ccc(-c2ccc(OC3CCCCC3)nc2)cc1F. The number of halogens is 1. The summed E-state index contributed by atoms with van der Waals surface area (Å²) in [5, 5.41) is 0. The van der Waals surface area contributed by atoms with Crippen LogP contribution in [0.2, 0.25) is 0 Å². The fourth-order valence-electron chi connectivity index (χ4n) is 2.78. The van der Waals surface area contributed by atoms with Gasteiger partial charge >= 0.3 is 0 Å². The maximum atomic E-state index is 13.6. The molecule has 1 aliphatic carbocycles. The minimum absolute atomic E-state index is 0.0639. The summed E-state index contributed by atoms with van der Waals surface area (Å²) in [6.45, 7) is 0. The molecule has 22 heavy (non-hydrogen) atoms. The van der Waals surface area contributed by atoms with Crippen molar-refractivity contribution >= 4 is 6.29 Å². The minimum atomic E-state index is -0.518. The van der Waals surface area contributed by atoms with E-state index in [0.717, 1.165) is 18.4 Å². The van der Waals surface area contributed by atoms with E-state index in [1.165, 1.54) is 31.4 Å². The number of carbonyl (C=O) groups is 1. The lowest BCUT2D eigenvalue weighted by Gasteiger charge is -2.22. The number of aromatic nitrogens is 1. The molecule has 0 bridgehead atoms. The van der Waals surface area contributed by atoms with E-state index in [-0.39, 0.29) is 11.7 Å². The summed E-state index contributed by atoms with van der Waals surface area (Å²) in [5.41, 5.74) is 1.56. The molecule has 1 aromatic heterocycles. The van der Waals surface area contributed by atoms with Crippen molar-refractivity contribution in [1.82, 2.24) is 4.98 Å². The monoisotopic (exact) mass is 299 g/mol. The summed E-state index contributed by atoms with van der Waals surface area (Å²) in [7, 11) is 0. The molecule has 4 heteroatoms. The zero-order valence-corrected chi connectivity index (χ0v) is 12.3. The third-order valence-corrected chi connectivity index (χ3v) is 4.04. The zero-order chi connectivity index (χ0) is 15.4. The number of benzene rings is 1. The molecule has 0 atom stereocenters. The second-order valence-electron chi connectivity index (χ2n) is 5.62. The Hall–Kier alpha value is -2.23. The van der Waals surface area contributed by atoms with E-state index in [0.29, 0.717) is 17.7 Å². The summed E-state index contributed by atoms with van der Waals surface area (Å²) >= 11 is 0. The Morgan fingerprint density at radius 3 is 2.50 bits per heavy atom. The maximum absolute atomic E-state index is 13.6. The molecule has 2 aromatic rings. The van der Waals surface area contributed by atoms with Crippen molar-refractivity contribution in [2.24, 2.45) is 0 Å². The van der Waals surface area contributed by atoms with Crippen molar-refractivity contribution in [3.8, 4) is 17.0 Å². The predicted molar refractivity (Wildman–Crippen MR) is 82.5 cm³/mol. The summed E-state index contributed by atoms with van der Waals surface area (Å²) < 4.78 is 19.5. The molecule has 0 spiro atoms. The molecule has 1 heterocycles. The summed E-state index contributed by atoms with van der Waals surface area (Å²) in [6, 6.07) is 8.22. The summed E-state index contributed by atoms with van der Waals surface area (Å²) in [5.74, 6) is 0.0932. The van der Waals surface area contributed by atoms with Crippen LogP contribution in [0.5, 0.6) is 5.88 Å². The van der Waals surface area contributed by atoms with Crippen LogP contribution in [0.15, 0.2) is 36.5 Å². The number of aldehydes is 1. The summed E-state index contributed by atoms with van der Waals surface area (Å²) in [4.78, 5) is 14.9. The van der Waals surface area contributed by atoms with Crippen molar-refractivity contribution < 1.29 is 13.9 Å². The van der Waals surface area contributed by atoms with Crippen LogP contribution in [0.25, 0.3) is 11.1 Å². The molecule has 0 saturated heterocycles. The smallest absolute Gasteiger partial charge is 0.213 e. The fraction of sp³-hybridized carbons (Fsp3) is 0.333. The molecule has 1 fully saturated rings. The van der Waals surface area contributed by atoms with Gasteiger partial charge in [-0.25, -0.2) is 9.37 Å². The molecule has 0 unspecified atom stereocenters. The number of carbonyl (C=O) groups excluding carboxylic acids is 1. The standard InChI is InChI=1S/C18H18FNO2/c19-17-10-13(6-7-15(17)12-21)14-8-9-18(20-11-14)22-16-4-2-1-3-5-16/h6-12,16H,1-5H2. The van der Waals surface area contributed by atoms with Crippen molar-refractivity contribution in [1.29, 1.82) is 0 Å². The molecule has 3 nitrogen and oxygen atoms in total. The average Bonchev–Trinajstić information content (AvgIpc) is 2.56. The predicted octanol–water partition coefficient (Wildman–Crippen LogP) is 4.41. The highest BCUT2D eigenvalue weighted by molar-refractivity contribution is 5.77. The third kappa shape index (κ3) is 3.32. The number of rotatable bonds is 4. The van der Waals surface area contributed by atoms with Crippen LogP contribution in [-0.4, -0.2) is 17.4 Å². The van der Waals surface area contributed by atoms with Gasteiger partial charge in [-0.15, -0.1) is 0 Å². The van der Waals surface area contributed by atoms with Gasteiger partial charge < -0.3 is 4.74 Å². The van der Waals surface area contributed by atoms with E-state index in [4.69, 9.17) is 4.74 Å². The molecule has 1 aromatic carbocycles. The molecule has 1 aliphatic rings. The van der Waals surface area contributed by atoms with Gasteiger partial charge in [0.25, 0.3) is 0 Å². The Morgan fingerprint density at radius 1 is 1.09 bits per heavy atom. The molecule has 3 rings (SSSR count). The topological polar surface area (TPSA) is 39.2 Å². The highest BCUT2D eigenvalue weighted by Crippen LogP contribution is 2.25. The second-order valence-corrected chi connectivity index (χ2v) is 5.62. The first-order valence-electron chi connectivity index (χ1n) is 7.64. The van der Waals surface area contributed by atoms with E-state index in [9.17, 15) is 9.18 Å². The normalized spacial score (nSPS) is 15.5. The van der Waals surface area contributed by atoms with Crippen LogP contribution >= 0.6 is 0 Å². The van der Waals surface area contributed by atoms with Gasteiger partial charge in [0, 0.05) is 17.8 Å². The summed E-state index contributed by atoms with van der Waals surface area (Å²) in [6.07, 6.45) is 8.33. The first-order chi connectivity index (χ1) is 10.8. The largest absolute Gasteiger partial charge is 0.474 e. The minimum Gasteiger partial charge on any atom is -0.474 e. The highest BCUT2D eigenvalue weighted by Gasteiger charge is 2.15. The number of ether oxygens (including phenoxy) is 1. The Kier molecular flexibility index (Phi) is 4.47. The van der Waals surface area contributed by atoms with E-state index < -0.39 is 5.82 Å². The molecule has 0 N–H and O–H groups in total. The van der Waals surface area contributed by atoms with Gasteiger partial charge in [0.2, 0.25) is 5.88 Å². The number of hydrogen-bond donors (Lipinski definition) is 0. The molecular formula is C18H18FNO2. The molecule has 114 valence electrons. The van der Waals surface area contributed by atoms with E-state index in [1.54, 1.807) is 12.3 Å². The molecular weight excluding hydrogens is 281 g/mol. The number of nitrogens with zero attached hydrogens (tertiary/aromatic N) is 1. The zero-order valence-electron chi connectivity index (χ0n) is 12.3. The van der Waals surface area contributed by atoms with Crippen LogP contribution in [0.1, 0.15) is 42.5 Å². The Bertz CT molecular complexity index is 649. The van der Waals surface area contributed by atoms with Crippen LogP contribution < -0.4 is 4.74 Å². The maximum Gasteiger partial charge on any atom is 0.213 e. The van der Waals surface area contributed by atoms with Crippen molar-refractivity contribution in [2.75, 3.05) is 0 Å². The van der Waals surface area contributed by atoms with Gasteiger partial charge in [-0.05, 0) is 49.4 Å². The number of pyridine rings is 1. The Labute approximate surface area is 129 Å². The van der Waals surface area contributed by atoms with Crippen LogP contribution in [0.4, 0.5) is 4.39 Å². The lowest BCUT2D eigenvalue weighted by Crippen LogP contribution is -2.20. The first kappa shape index (κ1) is 14.7. The van der Waals surface area contributed by atoms with Gasteiger partial charge in [-0.2, -0.15) is 0 Å². The van der Waals surface area contributed by atoms with Gasteiger partial charge in [0.05, 0.1) is 5.56 Å². The second kappa shape index (κ2) is 6.69. The lowest BCUT2D eigenvalue weighted by atomic mass is 9.98. The first-order valence-corrected chi connectivity index (χ1v) is 7.64. The van der Waals surface area contributed by atoms with Crippen molar-refractivity contribution in [2.45, 2.75) is 38.2 Å². The van der Waals surface area contributed by atoms with Crippen LogP contribution in [-0.2, 0) is 0 Å². The van der Waals surface area contributed by atoms with Crippen LogP contribution in [0, 0.1) is 5.82 Å².